The lowest BCUT2D eigenvalue weighted by molar-refractivity contribution is -0.141. The molecule has 2 atom stereocenters. The smallest absolute Gasteiger partial charge is 0.306 e. The predicted molar refractivity (Wildman–Crippen MR) is 132 cm³/mol. The molecule has 1 saturated heterocycles. The maximum absolute atomic E-state index is 11.3. The van der Waals surface area contributed by atoms with Crippen LogP contribution in [0.25, 0.3) is 10.8 Å². The Hall–Kier alpha value is -2.07. The SMILES string of the molecule is CC(C)(C)[C@H]1CC[C@H](Oc2cccc3cc(CN4CC5CC(C(=O)O)CC5C4)ccc23)CC1. The minimum atomic E-state index is -0.606. The van der Waals surface area contributed by atoms with Crippen LogP contribution in [-0.2, 0) is 11.3 Å². The fourth-order valence-corrected chi connectivity index (χ4v) is 6.72. The molecule has 2 saturated carbocycles. The summed E-state index contributed by atoms with van der Waals surface area (Å²) in [7, 11) is 0. The van der Waals surface area contributed by atoms with Crippen molar-refractivity contribution in [2.75, 3.05) is 13.1 Å². The average Bonchev–Trinajstić information content (AvgIpc) is 3.32. The zero-order chi connectivity index (χ0) is 23.2. The average molecular weight is 450 g/mol. The highest BCUT2D eigenvalue weighted by Crippen LogP contribution is 2.42. The van der Waals surface area contributed by atoms with Gasteiger partial charge in [-0.3, -0.25) is 9.69 Å². The topological polar surface area (TPSA) is 49.8 Å². The van der Waals surface area contributed by atoms with Gasteiger partial charge >= 0.3 is 5.97 Å². The number of fused-ring (bicyclic) bond motifs is 2. The molecule has 0 spiro atoms. The van der Waals surface area contributed by atoms with E-state index < -0.39 is 5.97 Å². The monoisotopic (exact) mass is 449 g/mol. The van der Waals surface area contributed by atoms with E-state index in [1.165, 1.54) is 29.2 Å². The van der Waals surface area contributed by atoms with Crippen LogP contribution in [-0.4, -0.2) is 35.2 Å². The fourth-order valence-electron chi connectivity index (χ4n) is 6.72. The number of benzene rings is 2. The minimum Gasteiger partial charge on any atom is -0.490 e. The molecule has 3 fully saturated rings. The van der Waals surface area contributed by atoms with E-state index in [2.05, 4.69) is 62.1 Å². The number of likely N-dealkylation sites (tertiary alicyclic amines) is 1. The molecule has 1 heterocycles. The Morgan fingerprint density at radius 1 is 1.03 bits per heavy atom. The number of carboxylic acids is 1. The molecule has 1 N–H and O–H groups in total. The minimum absolute atomic E-state index is 0.121. The summed E-state index contributed by atoms with van der Waals surface area (Å²) < 4.78 is 6.52. The molecule has 0 aromatic heterocycles. The molecule has 2 aliphatic carbocycles. The van der Waals surface area contributed by atoms with Crippen molar-refractivity contribution >= 4 is 16.7 Å². The Balaban J connectivity index is 1.21. The molecule has 5 rings (SSSR count). The quantitative estimate of drug-likeness (QED) is 0.576. The van der Waals surface area contributed by atoms with E-state index in [-0.39, 0.29) is 5.92 Å². The standard InChI is InChI=1S/C29H39NO3/c1-29(2,3)24-8-10-25(11-9-24)33-27-6-4-5-20-13-19(7-12-26(20)27)16-30-17-22-14-21(28(31)32)15-23(22)18-30/h4-7,12-13,21-25H,8-11,14-18H2,1-3H3,(H,31,32)/t21?,22?,23?,24-,25-. The first-order valence-electron chi connectivity index (χ1n) is 12.9. The van der Waals surface area contributed by atoms with Gasteiger partial charge in [0.15, 0.2) is 0 Å². The number of nitrogens with zero attached hydrogens (tertiary/aromatic N) is 1. The summed E-state index contributed by atoms with van der Waals surface area (Å²) in [6.45, 7) is 10.1. The summed E-state index contributed by atoms with van der Waals surface area (Å²) in [6.07, 6.45) is 6.85. The second-order valence-corrected chi connectivity index (χ2v) is 12.0. The molecule has 0 amide bonds. The molecule has 3 aliphatic rings. The van der Waals surface area contributed by atoms with Crippen molar-refractivity contribution in [3.8, 4) is 5.75 Å². The Morgan fingerprint density at radius 3 is 2.36 bits per heavy atom. The van der Waals surface area contributed by atoms with Gasteiger partial charge in [0.25, 0.3) is 0 Å². The molecule has 178 valence electrons. The molecule has 2 aromatic carbocycles. The Kier molecular flexibility index (Phi) is 6.15. The third kappa shape index (κ3) is 4.91. The number of hydrogen-bond donors (Lipinski definition) is 1. The molecular weight excluding hydrogens is 410 g/mol. The number of carboxylic acid groups (broad SMARTS) is 1. The van der Waals surface area contributed by atoms with Crippen LogP contribution in [0.15, 0.2) is 36.4 Å². The molecule has 2 aromatic rings. The first-order valence-corrected chi connectivity index (χ1v) is 12.9. The van der Waals surface area contributed by atoms with Crippen molar-refractivity contribution in [2.24, 2.45) is 29.1 Å². The van der Waals surface area contributed by atoms with Crippen molar-refractivity contribution in [2.45, 2.75) is 71.9 Å². The lowest BCUT2D eigenvalue weighted by Gasteiger charge is -2.37. The van der Waals surface area contributed by atoms with Crippen LogP contribution < -0.4 is 4.74 Å². The van der Waals surface area contributed by atoms with Crippen molar-refractivity contribution < 1.29 is 14.6 Å². The first kappa shape index (κ1) is 22.7. The largest absolute Gasteiger partial charge is 0.490 e. The lowest BCUT2D eigenvalue weighted by Crippen LogP contribution is -2.30. The highest BCUT2D eigenvalue weighted by Gasteiger charge is 2.43. The molecule has 4 nitrogen and oxygen atoms in total. The van der Waals surface area contributed by atoms with Gasteiger partial charge in [-0.05, 0) is 84.8 Å². The van der Waals surface area contributed by atoms with Crippen LogP contribution in [0.2, 0.25) is 0 Å². The number of aliphatic carboxylic acids is 1. The molecule has 0 bridgehead atoms. The first-order chi connectivity index (χ1) is 15.8. The van der Waals surface area contributed by atoms with Gasteiger partial charge in [0.05, 0.1) is 12.0 Å². The maximum Gasteiger partial charge on any atom is 0.306 e. The third-order valence-electron chi connectivity index (χ3n) is 8.68. The summed E-state index contributed by atoms with van der Waals surface area (Å²) in [5.74, 6) is 2.21. The van der Waals surface area contributed by atoms with E-state index in [1.54, 1.807) is 0 Å². The van der Waals surface area contributed by atoms with Crippen LogP contribution in [0.1, 0.15) is 64.9 Å². The summed E-state index contributed by atoms with van der Waals surface area (Å²) in [4.78, 5) is 13.8. The Morgan fingerprint density at radius 2 is 1.73 bits per heavy atom. The number of carbonyl (C=O) groups is 1. The van der Waals surface area contributed by atoms with Gasteiger partial charge in [-0.25, -0.2) is 0 Å². The second kappa shape index (κ2) is 8.94. The van der Waals surface area contributed by atoms with Gasteiger partial charge in [-0.1, -0.05) is 45.0 Å². The zero-order valence-corrected chi connectivity index (χ0v) is 20.4. The normalized spacial score (nSPS) is 30.5. The van der Waals surface area contributed by atoms with E-state index in [1.807, 2.05) is 0 Å². The van der Waals surface area contributed by atoms with Crippen molar-refractivity contribution in [1.29, 1.82) is 0 Å². The van der Waals surface area contributed by atoms with Crippen LogP contribution in [0.4, 0.5) is 0 Å². The number of ether oxygens (including phenoxy) is 1. The second-order valence-electron chi connectivity index (χ2n) is 12.0. The van der Waals surface area contributed by atoms with Crippen molar-refractivity contribution in [3.63, 3.8) is 0 Å². The third-order valence-corrected chi connectivity index (χ3v) is 8.68. The van der Waals surface area contributed by atoms with Gasteiger partial charge in [0.1, 0.15) is 5.75 Å². The number of rotatable bonds is 5. The fraction of sp³-hybridized carbons (Fsp3) is 0.621. The van der Waals surface area contributed by atoms with Crippen LogP contribution >= 0.6 is 0 Å². The summed E-state index contributed by atoms with van der Waals surface area (Å²) in [5, 5.41) is 11.8. The Labute approximate surface area is 198 Å². The van der Waals surface area contributed by atoms with Gasteiger partial charge in [-0.15, -0.1) is 0 Å². The lowest BCUT2D eigenvalue weighted by atomic mass is 9.72. The van der Waals surface area contributed by atoms with E-state index in [0.717, 1.165) is 57.0 Å². The van der Waals surface area contributed by atoms with Gasteiger partial charge < -0.3 is 9.84 Å². The molecule has 33 heavy (non-hydrogen) atoms. The summed E-state index contributed by atoms with van der Waals surface area (Å²) in [6, 6.07) is 13.2. The maximum atomic E-state index is 11.3. The van der Waals surface area contributed by atoms with Crippen molar-refractivity contribution in [1.82, 2.24) is 4.90 Å². The highest BCUT2D eigenvalue weighted by atomic mass is 16.5. The highest BCUT2D eigenvalue weighted by molar-refractivity contribution is 5.88. The van der Waals surface area contributed by atoms with E-state index in [9.17, 15) is 9.90 Å². The zero-order valence-electron chi connectivity index (χ0n) is 20.4. The predicted octanol–water partition coefficient (Wildman–Crippen LogP) is 6.37. The molecule has 0 radical (unpaired) electrons. The number of hydrogen-bond acceptors (Lipinski definition) is 3. The van der Waals surface area contributed by atoms with E-state index in [4.69, 9.17) is 4.74 Å². The van der Waals surface area contributed by atoms with Gasteiger partial charge in [0.2, 0.25) is 0 Å². The molecule has 4 heteroatoms. The molecule has 1 aliphatic heterocycles. The molecule has 2 unspecified atom stereocenters. The summed E-state index contributed by atoms with van der Waals surface area (Å²) >= 11 is 0. The van der Waals surface area contributed by atoms with Crippen molar-refractivity contribution in [3.05, 3.63) is 42.0 Å². The van der Waals surface area contributed by atoms with Crippen LogP contribution in [0.5, 0.6) is 5.75 Å². The van der Waals surface area contributed by atoms with Crippen LogP contribution in [0.3, 0.4) is 0 Å². The Bertz CT molecular complexity index is 988. The summed E-state index contributed by atoms with van der Waals surface area (Å²) in [5.41, 5.74) is 1.73. The van der Waals surface area contributed by atoms with Crippen LogP contribution in [0, 0.1) is 29.1 Å². The van der Waals surface area contributed by atoms with E-state index in [0.29, 0.717) is 23.4 Å². The molecular formula is C29H39NO3. The van der Waals surface area contributed by atoms with E-state index >= 15 is 0 Å². The van der Waals surface area contributed by atoms with Gasteiger partial charge in [0, 0.05) is 25.0 Å². The van der Waals surface area contributed by atoms with Gasteiger partial charge in [-0.2, -0.15) is 0 Å².